The number of ether oxygens (including phenoxy) is 2. The summed E-state index contributed by atoms with van der Waals surface area (Å²) in [5.74, 6) is -0.445. The Kier molecular flexibility index (Phi) is 5.25. The second-order valence-corrected chi connectivity index (χ2v) is 3.72. The Morgan fingerprint density at radius 2 is 2.19 bits per heavy atom. The van der Waals surface area contributed by atoms with Gasteiger partial charge in [0.2, 0.25) is 5.91 Å². The lowest BCUT2D eigenvalue weighted by Gasteiger charge is -2.22. The van der Waals surface area contributed by atoms with Gasteiger partial charge in [0.05, 0.1) is 19.1 Å². The Labute approximate surface area is 95.7 Å². The van der Waals surface area contributed by atoms with E-state index in [2.05, 4.69) is 0 Å². The molecule has 5 nitrogen and oxygen atoms in total. The molecule has 0 aliphatic carbocycles. The molecule has 1 atom stereocenters. The van der Waals surface area contributed by atoms with Gasteiger partial charge in [-0.2, -0.15) is 0 Å². The maximum Gasteiger partial charge on any atom is 0.325 e. The average molecular weight is 229 g/mol. The first-order valence-corrected chi connectivity index (χ1v) is 5.71. The standard InChI is InChI=1S/C11H19NO4/c1-3-12(7-10(13)16-4-2)11(14)9-5-6-15-8-9/h9H,3-8H2,1-2H3. The highest BCUT2D eigenvalue weighted by Gasteiger charge is 2.28. The fourth-order valence-corrected chi connectivity index (χ4v) is 1.70. The van der Waals surface area contributed by atoms with Crippen LogP contribution in [0, 0.1) is 5.92 Å². The molecule has 5 heteroatoms. The molecule has 92 valence electrons. The van der Waals surface area contributed by atoms with E-state index in [4.69, 9.17) is 9.47 Å². The Bertz CT molecular complexity index is 248. The van der Waals surface area contributed by atoms with Crippen molar-refractivity contribution >= 4 is 11.9 Å². The van der Waals surface area contributed by atoms with Crippen molar-refractivity contribution in [3.05, 3.63) is 0 Å². The van der Waals surface area contributed by atoms with Crippen molar-refractivity contribution in [1.82, 2.24) is 4.90 Å². The maximum atomic E-state index is 12.0. The molecule has 0 aromatic heterocycles. The second kappa shape index (κ2) is 6.48. The number of likely N-dealkylation sites (N-methyl/N-ethyl adjacent to an activating group) is 1. The van der Waals surface area contributed by atoms with Crippen LogP contribution in [0.25, 0.3) is 0 Å². The van der Waals surface area contributed by atoms with Gasteiger partial charge in [-0.1, -0.05) is 0 Å². The highest BCUT2D eigenvalue weighted by Crippen LogP contribution is 2.15. The van der Waals surface area contributed by atoms with E-state index in [1.165, 1.54) is 4.90 Å². The molecule has 0 N–H and O–H groups in total. The molecular weight excluding hydrogens is 210 g/mol. The van der Waals surface area contributed by atoms with Crippen molar-refractivity contribution in [2.45, 2.75) is 20.3 Å². The molecular formula is C11H19NO4. The minimum atomic E-state index is -0.350. The van der Waals surface area contributed by atoms with Gasteiger partial charge in [0.1, 0.15) is 6.54 Å². The van der Waals surface area contributed by atoms with Crippen LogP contribution >= 0.6 is 0 Å². The van der Waals surface area contributed by atoms with Crippen molar-refractivity contribution in [2.75, 3.05) is 32.9 Å². The van der Waals surface area contributed by atoms with Crippen molar-refractivity contribution in [1.29, 1.82) is 0 Å². The quantitative estimate of drug-likeness (QED) is 0.642. The first-order chi connectivity index (χ1) is 7.69. The van der Waals surface area contributed by atoms with Crippen molar-refractivity contribution in [2.24, 2.45) is 5.92 Å². The molecule has 0 radical (unpaired) electrons. The van der Waals surface area contributed by atoms with Crippen LogP contribution in [-0.4, -0.2) is 49.7 Å². The summed E-state index contributed by atoms with van der Waals surface area (Å²) >= 11 is 0. The summed E-state index contributed by atoms with van der Waals surface area (Å²) in [5.41, 5.74) is 0. The largest absolute Gasteiger partial charge is 0.465 e. The van der Waals surface area contributed by atoms with E-state index in [-0.39, 0.29) is 24.3 Å². The lowest BCUT2D eigenvalue weighted by molar-refractivity contribution is -0.150. The van der Waals surface area contributed by atoms with Crippen LogP contribution in [0.15, 0.2) is 0 Å². The molecule has 0 saturated carbocycles. The van der Waals surface area contributed by atoms with Gasteiger partial charge in [0.25, 0.3) is 0 Å². The number of rotatable bonds is 5. The molecule has 0 aromatic rings. The molecule has 1 aliphatic rings. The van der Waals surface area contributed by atoms with Gasteiger partial charge in [0.15, 0.2) is 0 Å². The first kappa shape index (κ1) is 13.0. The Balaban J connectivity index is 2.45. The molecule has 1 rings (SSSR count). The third-order valence-electron chi connectivity index (χ3n) is 2.60. The molecule has 1 saturated heterocycles. The van der Waals surface area contributed by atoms with E-state index in [0.717, 1.165) is 6.42 Å². The van der Waals surface area contributed by atoms with Gasteiger partial charge in [0, 0.05) is 13.2 Å². The minimum Gasteiger partial charge on any atom is -0.465 e. The number of amides is 1. The lowest BCUT2D eigenvalue weighted by Crippen LogP contribution is -2.40. The number of nitrogens with zero attached hydrogens (tertiary/aromatic N) is 1. The number of esters is 1. The fourth-order valence-electron chi connectivity index (χ4n) is 1.70. The summed E-state index contributed by atoms with van der Waals surface area (Å²) in [6.45, 7) is 5.62. The van der Waals surface area contributed by atoms with Gasteiger partial charge >= 0.3 is 5.97 Å². The van der Waals surface area contributed by atoms with Crippen LogP contribution in [0.2, 0.25) is 0 Å². The highest BCUT2D eigenvalue weighted by molar-refractivity contribution is 5.83. The SMILES string of the molecule is CCOC(=O)CN(CC)C(=O)C1CCOC1. The third-order valence-corrected chi connectivity index (χ3v) is 2.60. The van der Waals surface area contributed by atoms with Crippen molar-refractivity contribution < 1.29 is 19.1 Å². The Hall–Kier alpha value is -1.10. The van der Waals surface area contributed by atoms with Gasteiger partial charge in [-0.15, -0.1) is 0 Å². The zero-order valence-electron chi connectivity index (χ0n) is 9.90. The topological polar surface area (TPSA) is 55.8 Å². The van der Waals surface area contributed by atoms with E-state index < -0.39 is 0 Å². The van der Waals surface area contributed by atoms with E-state index in [0.29, 0.717) is 26.4 Å². The summed E-state index contributed by atoms with van der Waals surface area (Å²) in [6, 6.07) is 0. The number of hydrogen-bond acceptors (Lipinski definition) is 4. The molecule has 0 aromatic carbocycles. The van der Waals surface area contributed by atoms with Crippen LogP contribution in [0.4, 0.5) is 0 Å². The first-order valence-electron chi connectivity index (χ1n) is 5.71. The average Bonchev–Trinajstić information content (AvgIpc) is 2.78. The predicted molar refractivity (Wildman–Crippen MR) is 57.8 cm³/mol. The molecule has 0 spiro atoms. The van der Waals surface area contributed by atoms with Crippen molar-refractivity contribution in [3.63, 3.8) is 0 Å². The van der Waals surface area contributed by atoms with Crippen LogP contribution in [-0.2, 0) is 19.1 Å². The second-order valence-electron chi connectivity index (χ2n) is 3.72. The van der Waals surface area contributed by atoms with E-state index in [9.17, 15) is 9.59 Å². The van der Waals surface area contributed by atoms with Crippen LogP contribution in [0.3, 0.4) is 0 Å². The van der Waals surface area contributed by atoms with Gasteiger partial charge in [-0.3, -0.25) is 9.59 Å². The zero-order chi connectivity index (χ0) is 12.0. The van der Waals surface area contributed by atoms with Crippen molar-refractivity contribution in [3.8, 4) is 0 Å². The smallest absolute Gasteiger partial charge is 0.325 e. The lowest BCUT2D eigenvalue weighted by atomic mass is 10.1. The molecule has 16 heavy (non-hydrogen) atoms. The molecule has 1 heterocycles. The Morgan fingerprint density at radius 3 is 2.69 bits per heavy atom. The normalized spacial score (nSPS) is 19.5. The van der Waals surface area contributed by atoms with E-state index >= 15 is 0 Å². The molecule has 0 bridgehead atoms. The van der Waals surface area contributed by atoms with Gasteiger partial charge in [-0.25, -0.2) is 0 Å². The number of carbonyl (C=O) groups is 2. The molecule has 1 fully saturated rings. The van der Waals surface area contributed by atoms with Crippen LogP contribution in [0.5, 0.6) is 0 Å². The van der Waals surface area contributed by atoms with Gasteiger partial charge in [-0.05, 0) is 20.3 Å². The van der Waals surface area contributed by atoms with E-state index in [1.807, 2.05) is 6.92 Å². The fraction of sp³-hybridized carbons (Fsp3) is 0.818. The monoisotopic (exact) mass is 229 g/mol. The number of carbonyl (C=O) groups excluding carboxylic acids is 2. The minimum absolute atomic E-state index is 0.00643. The summed E-state index contributed by atoms with van der Waals surface area (Å²) in [4.78, 5) is 24.8. The summed E-state index contributed by atoms with van der Waals surface area (Å²) < 4.78 is 9.98. The summed E-state index contributed by atoms with van der Waals surface area (Å²) in [7, 11) is 0. The number of hydrogen-bond donors (Lipinski definition) is 0. The molecule has 1 amide bonds. The van der Waals surface area contributed by atoms with Gasteiger partial charge < -0.3 is 14.4 Å². The van der Waals surface area contributed by atoms with Crippen LogP contribution < -0.4 is 0 Å². The zero-order valence-corrected chi connectivity index (χ0v) is 9.90. The third kappa shape index (κ3) is 3.48. The maximum absolute atomic E-state index is 12.0. The Morgan fingerprint density at radius 1 is 1.44 bits per heavy atom. The predicted octanol–water partition coefficient (Wildman–Crippen LogP) is 0.435. The summed E-state index contributed by atoms with van der Waals surface area (Å²) in [5, 5.41) is 0. The van der Waals surface area contributed by atoms with E-state index in [1.54, 1.807) is 6.92 Å². The van der Waals surface area contributed by atoms with Crippen LogP contribution in [0.1, 0.15) is 20.3 Å². The summed E-state index contributed by atoms with van der Waals surface area (Å²) in [6.07, 6.45) is 0.748. The molecule has 1 aliphatic heterocycles. The highest BCUT2D eigenvalue weighted by atomic mass is 16.5. The molecule has 1 unspecified atom stereocenters.